The molecule has 1 aromatic heterocycles. The zero-order valence-electron chi connectivity index (χ0n) is 9.76. The zero-order valence-corrected chi connectivity index (χ0v) is 10.6. The number of benzene rings is 1. The Morgan fingerprint density at radius 1 is 1.44 bits per heavy atom. The normalized spacial score (nSPS) is 12.3. The van der Waals surface area contributed by atoms with Gasteiger partial charge in [-0.1, -0.05) is 6.92 Å². The molecule has 94 valence electrons. The van der Waals surface area contributed by atoms with Gasteiger partial charge in [0.15, 0.2) is 0 Å². The summed E-state index contributed by atoms with van der Waals surface area (Å²) in [7, 11) is 0. The second kappa shape index (κ2) is 5.27. The number of nitrogens with zero attached hydrogens (tertiary/aromatic N) is 1. The van der Waals surface area contributed by atoms with Gasteiger partial charge in [0, 0.05) is 16.9 Å². The van der Waals surface area contributed by atoms with Gasteiger partial charge >= 0.3 is 5.97 Å². The quantitative estimate of drug-likeness (QED) is 0.920. The van der Waals surface area contributed by atoms with E-state index in [1.807, 2.05) is 12.3 Å². The van der Waals surface area contributed by atoms with E-state index in [1.165, 1.54) is 23.5 Å². The molecular formula is C13H12FNO2S. The number of aromatic nitrogens is 1. The fraction of sp³-hybridized carbons (Fsp3) is 0.231. The molecule has 0 spiro atoms. The molecule has 0 aliphatic carbocycles. The first-order valence-electron chi connectivity index (χ1n) is 5.49. The van der Waals surface area contributed by atoms with E-state index < -0.39 is 5.97 Å². The number of hydrogen-bond donors (Lipinski definition) is 1. The summed E-state index contributed by atoms with van der Waals surface area (Å²) in [5, 5.41) is 11.4. The largest absolute Gasteiger partial charge is 0.481 e. The van der Waals surface area contributed by atoms with Crippen LogP contribution < -0.4 is 0 Å². The van der Waals surface area contributed by atoms with Gasteiger partial charge in [-0.2, -0.15) is 0 Å². The number of rotatable bonds is 4. The van der Waals surface area contributed by atoms with Gasteiger partial charge in [-0.05, 0) is 24.3 Å². The molecule has 0 radical (unpaired) electrons. The third kappa shape index (κ3) is 2.92. The van der Waals surface area contributed by atoms with E-state index in [2.05, 4.69) is 4.98 Å². The van der Waals surface area contributed by atoms with Gasteiger partial charge in [0.05, 0.1) is 12.1 Å². The van der Waals surface area contributed by atoms with Gasteiger partial charge in [0.25, 0.3) is 0 Å². The fourth-order valence-electron chi connectivity index (χ4n) is 1.60. The maximum atomic E-state index is 12.8. The third-order valence-corrected chi connectivity index (χ3v) is 3.51. The van der Waals surface area contributed by atoms with Crippen molar-refractivity contribution in [1.29, 1.82) is 0 Å². The lowest BCUT2D eigenvalue weighted by atomic mass is 10.1. The average Bonchev–Trinajstić information content (AvgIpc) is 2.78. The van der Waals surface area contributed by atoms with Gasteiger partial charge in [0.2, 0.25) is 0 Å². The summed E-state index contributed by atoms with van der Waals surface area (Å²) in [6.07, 6.45) is 0.0621. The van der Waals surface area contributed by atoms with Crippen molar-refractivity contribution in [3.63, 3.8) is 0 Å². The monoisotopic (exact) mass is 265 g/mol. The van der Waals surface area contributed by atoms with Gasteiger partial charge in [-0.25, -0.2) is 9.37 Å². The molecule has 2 rings (SSSR count). The maximum Gasteiger partial charge on any atom is 0.304 e. The molecule has 0 amide bonds. The molecule has 1 N–H and O–H groups in total. The molecule has 0 saturated heterocycles. The molecule has 1 heterocycles. The molecule has 2 aromatic rings. The van der Waals surface area contributed by atoms with Crippen molar-refractivity contribution >= 4 is 17.3 Å². The van der Waals surface area contributed by atoms with Crippen LogP contribution in [0.2, 0.25) is 0 Å². The van der Waals surface area contributed by atoms with Crippen molar-refractivity contribution < 1.29 is 14.3 Å². The van der Waals surface area contributed by atoms with E-state index in [-0.39, 0.29) is 18.2 Å². The molecule has 0 aliphatic rings. The van der Waals surface area contributed by atoms with Gasteiger partial charge in [0.1, 0.15) is 10.8 Å². The first-order valence-corrected chi connectivity index (χ1v) is 6.37. The zero-order chi connectivity index (χ0) is 13.1. The Kier molecular flexibility index (Phi) is 3.72. The SMILES string of the molecule is CC(CC(=O)O)c1csc(-c2ccc(F)cc2)n1. The Morgan fingerprint density at radius 3 is 2.72 bits per heavy atom. The van der Waals surface area contributed by atoms with Crippen molar-refractivity contribution in [1.82, 2.24) is 4.98 Å². The Bertz CT molecular complexity index is 550. The van der Waals surface area contributed by atoms with Crippen molar-refractivity contribution in [3.05, 3.63) is 41.2 Å². The van der Waals surface area contributed by atoms with Crippen LogP contribution in [0.25, 0.3) is 10.6 Å². The summed E-state index contributed by atoms with van der Waals surface area (Å²) in [6, 6.07) is 6.10. The number of thiazole rings is 1. The van der Waals surface area contributed by atoms with Crippen LogP contribution in [-0.4, -0.2) is 16.1 Å². The highest BCUT2D eigenvalue weighted by atomic mass is 32.1. The molecule has 0 bridgehead atoms. The second-order valence-electron chi connectivity index (χ2n) is 4.08. The van der Waals surface area contributed by atoms with E-state index in [9.17, 15) is 9.18 Å². The van der Waals surface area contributed by atoms with Crippen molar-refractivity contribution in [3.8, 4) is 10.6 Å². The summed E-state index contributed by atoms with van der Waals surface area (Å²) < 4.78 is 12.8. The molecular weight excluding hydrogens is 253 g/mol. The lowest BCUT2D eigenvalue weighted by molar-refractivity contribution is -0.137. The predicted octanol–water partition coefficient (Wildman–Crippen LogP) is 3.53. The van der Waals surface area contributed by atoms with Crippen LogP contribution in [0, 0.1) is 5.82 Å². The van der Waals surface area contributed by atoms with Gasteiger partial charge in [-0.15, -0.1) is 11.3 Å². The van der Waals surface area contributed by atoms with Crippen molar-refractivity contribution in [2.24, 2.45) is 0 Å². The minimum absolute atomic E-state index is 0.0621. The summed E-state index contributed by atoms with van der Waals surface area (Å²) in [4.78, 5) is 15.0. The first-order chi connectivity index (χ1) is 8.56. The Hall–Kier alpha value is -1.75. The van der Waals surface area contributed by atoms with E-state index in [1.54, 1.807) is 12.1 Å². The molecule has 0 saturated carbocycles. The standard InChI is InChI=1S/C13H12FNO2S/c1-8(6-12(16)17)11-7-18-13(15-11)9-2-4-10(14)5-3-9/h2-5,7-8H,6H2,1H3,(H,16,17). The Balaban J connectivity index is 2.19. The number of carboxylic acids is 1. The number of hydrogen-bond acceptors (Lipinski definition) is 3. The Labute approximate surface area is 108 Å². The molecule has 3 nitrogen and oxygen atoms in total. The van der Waals surface area contributed by atoms with Crippen LogP contribution in [0.3, 0.4) is 0 Å². The first kappa shape index (κ1) is 12.7. The fourth-order valence-corrected chi connectivity index (χ4v) is 2.55. The topological polar surface area (TPSA) is 50.2 Å². The second-order valence-corrected chi connectivity index (χ2v) is 4.94. The molecule has 5 heteroatoms. The van der Waals surface area contributed by atoms with Crippen LogP contribution in [0.5, 0.6) is 0 Å². The van der Waals surface area contributed by atoms with Crippen molar-refractivity contribution in [2.75, 3.05) is 0 Å². The molecule has 18 heavy (non-hydrogen) atoms. The van der Waals surface area contributed by atoms with Crippen LogP contribution >= 0.6 is 11.3 Å². The summed E-state index contributed by atoms with van der Waals surface area (Å²) in [5.41, 5.74) is 1.61. The third-order valence-electron chi connectivity index (χ3n) is 2.60. The molecule has 1 unspecified atom stereocenters. The van der Waals surface area contributed by atoms with Crippen LogP contribution in [0.4, 0.5) is 4.39 Å². The highest BCUT2D eigenvalue weighted by Gasteiger charge is 2.14. The predicted molar refractivity (Wildman–Crippen MR) is 68.2 cm³/mol. The molecule has 0 fully saturated rings. The lowest BCUT2D eigenvalue weighted by Gasteiger charge is -2.03. The van der Waals surface area contributed by atoms with E-state index in [0.29, 0.717) is 0 Å². The molecule has 1 atom stereocenters. The maximum absolute atomic E-state index is 12.8. The summed E-state index contributed by atoms with van der Waals surface area (Å²) in [6.45, 7) is 1.83. The average molecular weight is 265 g/mol. The highest BCUT2D eigenvalue weighted by molar-refractivity contribution is 7.13. The number of carbonyl (C=O) groups is 1. The minimum atomic E-state index is -0.834. The van der Waals surface area contributed by atoms with Crippen LogP contribution in [-0.2, 0) is 4.79 Å². The van der Waals surface area contributed by atoms with Gasteiger partial charge < -0.3 is 5.11 Å². The minimum Gasteiger partial charge on any atom is -0.481 e. The summed E-state index contributed by atoms with van der Waals surface area (Å²) >= 11 is 1.44. The van der Waals surface area contributed by atoms with E-state index in [4.69, 9.17) is 5.11 Å². The molecule has 1 aromatic carbocycles. The summed E-state index contributed by atoms with van der Waals surface area (Å²) in [5.74, 6) is -1.23. The van der Waals surface area contributed by atoms with Gasteiger partial charge in [-0.3, -0.25) is 4.79 Å². The number of carboxylic acid groups (broad SMARTS) is 1. The number of aliphatic carboxylic acids is 1. The smallest absolute Gasteiger partial charge is 0.304 e. The van der Waals surface area contributed by atoms with E-state index >= 15 is 0 Å². The molecule has 0 aliphatic heterocycles. The Morgan fingerprint density at radius 2 is 2.11 bits per heavy atom. The lowest BCUT2D eigenvalue weighted by Crippen LogP contribution is -2.02. The van der Waals surface area contributed by atoms with E-state index in [0.717, 1.165) is 16.3 Å². The number of halogens is 1. The van der Waals surface area contributed by atoms with Crippen LogP contribution in [0.1, 0.15) is 25.0 Å². The highest BCUT2D eigenvalue weighted by Crippen LogP contribution is 2.28. The van der Waals surface area contributed by atoms with Crippen LogP contribution in [0.15, 0.2) is 29.6 Å². The van der Waals surface area contributed by atoms with Crippen molar-refractivity contribution in [2.45, 2.75) is 19.3 Å².